The van der Waals surface area contributed by atoms with Gasteiger partial charge in [-0.05, 0) is 59.0 Å². The number of rotatable bonds is 4. The second-order valence-electron chi connectivity index (χ2n) is 10.1. The van der Waals surface area contributed by atoms with Crippen LogP contribution < -0.4 is 4.90 Å². The molecule has 3 nitrogen and oxygen atoms in total. The zero-order valence-electron chi connectivity index (χ0n) is 21.8. The largest absolute Gasteiger partial charge is 0.308 e. The van der Waals surface area contributed by atoms with Crippen LogP contribution in [-0.2, 0) is 0 Å². The molecule has 8 aromatic rings. The van der Waals surface area contributed by atoms with Crippen LogP contribution in [0.5, 0.6) is 0 Å². The van der Waals surface area contributed by atoms with E-state index in [4.69, 9.17) is 4.98 Å². The quantitative estimate of drug-likeness (QED) is 0.219. The molecular formula is C37H25N3. The molecule has 6 aromatic carbocycles. The van der Waals surface area contributed by atoms with Crippen LogP contribution in [0.4, 0.5) is 17.1 Å². The predicted molar refractivity (Wildman–Crippen MR) is 168 cm³/mol. The van der Waals surface area contributed by atoms with E-state index in [1.165, 1.54) is 21.9 Å². The molecule has 0 aliphatic heterocycles. The Bertz CT molecular complexity index is 2140. The number of benzene rings is 6. The summed E-state index contributed by atoms with van der Waals surface area (Å²) in [4.78, 5) is 7.67. The van der Waals surface area contributed by atoms with Crippen molar-refractivity contribution in [1.82, 2.24) is 9.38 Å². The molecule has 3 heteroatoms. The summed E-state index contributed by atoms with van der Waals surface area (Å²) >= 11 is 0. The van der Waals surface area contributed by atoms with Gasteiger partial charge >= 0.3 is 0 Å². The maximum atomic E-state index is 5.35. The van der Waals surface area contributed by atoms with Crippen molar-refractivity contribution in [2.45, 2.75) is 0 Å². The van der Waals surface area contributed by atoms with Crippen LogP contribution in [0.1, 0.15) is 0 Å². The average molecular weight is 512 g/mol. The Morgan fingerprint density at radius 3 is 1.77 bits per heavy atom. The van der Waals surface area contributed by atoms with Gasteiger partial charge in [0.2, 0.25) is 0 Å². The molecule has 0 aliphatic rings. The molecule has 2 aromatic heterocycles. The smallest absolute Gasteiger partial charge is 0.146 e. The fraction of sp³-hybridized carbons (Fsp3) is 0. The second-order valence-corrected chi connectivity index (χ2v) is 10.1. The summed E-state index contributed by atoms with van der Waals surface area (Å²) in [7, 11) is 0. The Hall–Kier alpha value is -5.41. The molecule has 0 atom stereocenters. The molecule has 0 saturated heterocycles. The number of anilines is 3. The molecule has 2 heterocycles. The lowest BCUT2D eigenvalue weighted by molar-refractivity contribution is 1.29. The standard InChI is InChI=1S/C37H25N3/c1-3-12-26(13-4-1)27-22-24-29(25-23-27)39(28-14-5-2-6-15-28)34-20-11-21-35-36(34)38-37-32-18-8-7-16-30(32)31-17-9-10-19-33(31)40(35)37/h1-25H. The Labute approximate surface area is 232 Å². The Kier molecular flexibility index (Phi) is 5.14. The van der Waals surface area contributed by atoms with Crippen LogP contribution in [0, 0.1) is 0 Å². The van der Waals surface area contributed by atoms with E-state index < -0.39 is 0 Å². The van der Waals surface area contributed by atoms with Crippen LogP contribution in [0.2, 0.25) is 0 Å². The van der Waals surface area contributed by atoms with Gasteiger partial charge in [-0.2, -0.15) is 0 Å². The van der Waals surface area contributed by atoms with Crippen molar-refractivity contribution in [3.05, 3.63) is 152 Å². The van der Waals surface area contributed by atoms with Gasteiger partial charge in [-0.1, -0.05) is 109 Å². The summed E-state index contributed by atoms with van der Waals surface area (Å²) in [5, 5.41) is 3.60. The van der Waals surface area contributed by atoms with Crippen molar-refractivity contribution in [2.75, 3.05) is 4.90 Å². The summed E-state index contributed by atoms with van der Waals surface area (Å²) in [5.41, 5.74) is 9.84. The van der Waals surface area contributed by atoms with Crippen LogP contribution in [0.25, 0.3) is 49.5 Å². The number of imidazole rings is 1. The molecule has 0 saturated carbocycles. The second kappa shape index (κ2) is 9.11. The lowest BCUT2D eigenvalue weighted by Gasteiger charge is -2.26. The van der Waals surface area contributed by atoms with Crippen molar-refractivity contribution >= 4 is 55.4 Å². The van der Waals surface area contributed by atoms with E-state index in [0.717, 1.165) is 44.6 Å². The number of pyridine rings is 1. The predicted octanol–water partition coefficient (Wildman–Crippen LogP) is 9.93. The van der Waals surface area contributed by atoms with Crippen molar-refractivity contribution in [2.24, 2.45) is 0 Å². The normalized spacial score (nSPS) is 11.5. The van der Waals surface area contributed by atoms with Crippen molar-refractivity contribution in [3.63, 3.8) is 0 Å². The third-order valence-corrected chi connectivity index (χ3v) is 7.75. The monoisotopic (exact) mass is 511 g/mol. The molecule has 0 bridgehead atoms. The van der Waals surface area contributed by atoms with Gasteiger partial charge in [-0.25, -0.2) is 4.98 Å². The van der Waals surface area contributed by atoms with Gasteiger partial charge in [-0.15, -0.1) is 0 Å². The van der Waals surface area contributed by atoms with Gasteiger partial charge in [0.15, 0.2) is 0 Å². The third kappa shape index (κ3) is 3.49. The summed E-state index contributed by atoms with van der Waals surface area (Å²) in [6.45, 7) is 0. The molecule has 0 radical (unpaired) electrons. The van der Waals surface area contributed by atoms with Crippen LogP contribution in [0.15, 0.2) is 152 Å². The van der Waals surface area contributed by atoms with Crippen LogP contribution in [0.3, 0.4) is 0 Å². The zero-order valence-corrected chi connectivity index (χ0v) is 21.8. The molecule has 40 heavy (non-hydrogen) atoms. The van der Waals surface area contributed by atoms with E-state index in [9.17, 15) is 0 Å². The maximum Gasteiger partial charge on any atom is 0.146 e. The van der Waals surface area contributed by atoms with Crippen molar-refractivity contribution in [3.8, 4) is 11.1 Å². The number of fused-ring (bicyclic) bond motifs is 8. The fourth-order valence-electron chi connectivity index (χ4n) is 5.94. The first-order valence-corrected chi connectivity index (χ1v) is 13.6. The van der Waals surface area contributed by atoms with Crippen LogP contribution in [-0.4, -0.2) is 9.38 Å². The van der Waals surface area contributed by atoms with Gasteiger partial charge in [0, 0.05) is 22.1 Å². The number of para-hydroxylation sites is 3. The Morgan fingerprint density at radius 1 is 0.425 bits per heavy atom. The Balaban J connectivity index is 1.41. The van der Waals surface area contributed by atoms with E-state index in [1.54, 1.807) is 0 Å². The molecule has 0 fully saturated rings. The molecule has 0 unspecified atom stereocenters. The highest BCUT2D eigenvalue weighted by Gasteiger charge is 2.20. The topological polar surface area (TPSA) is 20.5 Å². The van der Waals surface area contributed by atoms with Gasteiger partial charge < -0.3 is 4.90 Å². The number of aromatic nitrogens is 2. The molecule has 0 amide bonds. The van der Waals surface area contributed by atoms with Gasteiger partial charge in [0.05, 0.1) is 16.7 Å². The van der Waals surface area contributed by atoms with E-state index in [0.29, 0.717) is 0 Å². The highest BCUT2D eigenvalue weighted by Crippen LogP contribution is 2.41. The minimum Gasteiger partial charge on any atom is -0.308 e. The lowest BCUT2D eigenvalue weighted by Crippen LogP contribution is -2.10. The van der Waals surface area contributed by atoms with Gasteiger partial charge in [-0.3, -0.25) is 4.40 Å². The number of hydrogen-bond donors (Lipinski definition) is 0. The number of nitrogens with zero attached hydrogens (tertiary/aromatic N) is 3. The first-order valence-electron chi connectivity index (χ1n) is 13.6. The fourth-order valence-corrected chi connectivity index (χ4v) is 5.94. The van der Waals surface area contributed by atoms with E-state index >= 15 is 0 Å². The van der Waals surface area contributed by atoms with Crippen molar-refractivity contribution in [1.29, 1.82) is 0 Å². The SMILES string of the molecule is c1ccc(-c2ccc(N(c3ccccc3)c3cccc4c3nc3c5ccccc5c5ccccc5n43)cc2)cc1. The highest BCUT2D eigenvalue weighted by atomic mass is 15.2. The minimum atomic E-state index is 0.972. The summed E-state index contributed by atoms with van der Waals surface area (Å²) in [6, 6.07) is 53.6. The first kappa shape index (κ1) is 22.6. The molecule has 0 spiro atoms. The highest BCUT2D eigenvalue weighted by molar-refractivity contribution is 6.14. The zero-order chi connectivity index (χ0) is 26.5. The Morgan fingerprint density at radius 2 is 1.00 bits per heavy atom. The number of hydrogen-bond acceptors (Lipinski definition) is 2. The maximum absolute atomic E-state index is 5.35. The molecule has 0 N–H and O–H groups in total. The van der Waals surface area contributed by atoms with Gasteiger partial charge in [0.25, 0.3) is 0 Å². The lowest BCUT2D eigenvalue weighted by atomic mass is 10.0. The van der Waals surface area contributed by atoms with Crippen LogP contribution >= 0.6 is 0 Å². The van der Waals surface area contributed by atoms with Crippen molar-refractivity contribution < 1.29 is 0 Å². The molecule has 188 valence electrons. The third-order valence-electron chi connectivity index (χ3n) is 7.75. The van der Waals surface area contributed by atoms with E-state index in [2.05, 4.69) is 161 Å². The molecule has 8 rings (SSSR count). The average Bonchev–Trinajstić information content (AvgIpc) is 3.44. The summed E-state index contributed by atoms with van der Waals surface area (Å²) in [6.07, 6.45) is 0. The first-order chi connectivity index (χ1) is 19.9. The minimum absolute atomic E-state index is 0.972. The van der Waals surface area contributed by atoms with E-state index in [1.807, 2.05) is 0 Å². The van der Waals surface area contributed by atoms with Gasteiger partial charge in [0.1, 0.15) is 11.2 Å². The molecular weight excluding hydrogens is 486 g/mol. The summed E-state index contributed by atoms with van der Waals surface area (Å²) in [5.74, 6) is 0. The molecule has 0 aliphatic carbocycles. The summed E-state index contributed by atoms with van der Waals surface area (Å²) < 4.78 is 2.32. The van der Waals surface area contributed by atoms with E-state index in [-0.39, 0.29) is 0 Å².